The van der Waals surface area contributed by atoms with Crippen LogP contribution in [0.3, 0.4) is 0 Å². The number of primary amides is 1. The van der Waals surface area contributed by atoms with E-state index < -0.39 is 5.91 Å². The fourth-order valence-electron chi connectivity index (χ4n) is 5.66. The fourth-order valence-corrected chi connectivity index (χ4v) is 5.66. The maximum Gasteiger partial charge on any atom is 0.254 e. The summed E-state index contributed by atoms with van der Waals surface area (Å²) < 4.78 is 12.2. The summed E-state index contributed by atoms with van der Waals surface area (Å²) in [6.07, 6.45) is 10.3. The summed E-state index contributed by atoms with van der Waals surface area (Å²) >= 11 is 0. The number of nitrogens with two attached hydrogens (primary N) is 1. The van der Waals surface area contributed by atoms with Crippen LogP contribution in [0.15, 0.2) is 42.7 Å². The molecule has 196 valence electrons. The van der Waals surface area contributed by atoms with Crippen molar-refractivity contribution in [1.82, 2.24) is 14.8 Å². The number of para-hydroxylation sites is 1. The number of benzene rings is 1. The molecule has 8 heteroatoms. The van der Waals surface area contributed by atoms with Crippen LogP contribution in [0.4, 0.5) is 0 Å². The topological polar surface area (TPSA) is 98.0 Å². The van der Waals surface area contributed by atoms with Gasteiger partial charge in [-0.15, -0.1) is 0 Å². The number of fused-ring (bicyclic) bond motifs is 1. The first-order valence-electron chi connectivity index (χ1n) is 13.1. The van der Waals surface area contributed by atoms with Gasteiger partial charge >= 0.3 is 0 Å². The molecular weight excluding hydrogens is 468 g/mol. The molecule has 2 N–H and O–H groups in total. The van der Waals surface area contributed by atoms with Crippen LogP contribution in [-0.2, 0) is 11.3 Å². The van der Waals surface area contributed by atoms with Gasteiger partial charge < -0.3 is 20.1 Å². The van der Waals surface area contributed by atoms with Gasteiger partial charge in [0.15, 0.2) is 11.5 Å². The molecule has 1 aromatic carbocycles. The summed E-state index contributed by atoms with van der Waals surface area (Å²) in [5, 5.41) is 0. The minimum atomic E-state index is -0.551. The van der Waals surface area contributed by atoms with Crippen LogP contribution in [-0.4, -0.2) is 65.0 Å². The maximum absolute atomic E-state index is 13.3. The molecule has 1 spiro atoms. The normalized spacial score (nSPS) is 20.8. The lowest BCUT2D eigenvalue weighted by molar-refractivity contribution is -0.113. The van der Waals surface area contributed by atoms with Crippen molar-refractivity contribution in [2.24, 2.45) is 11.1 Å². The molecule has 2 fully saturated rings. The molecule has 4 heterocycles. The van der Waals surface area contributed by atoms with Gasteiger partial charge in [0.1, 0.15) is 12.2 Å². The molecule has 0 radical (unpaired) electrons. The molecule has 2 amide bonds. The number of carbonyl (C=O) groups is 2. The van der Waals surface area contributed by atoms with E-state index >= 15 is 0 Å². The number of likely N-dealkylation sites (tertiary alicyclic amines) is 2. The Balaban J connectivity index is 1.17. The lowest BCUT2D eigenvalue weighted by atomic mass is 9.71. The molecule has 3 aliphatic rings. The Morgan fingerprint density at radius 2 is 1.81 bits per heavy atom. The van der Waals surface area contributed by atoms with E-state index in [2.05, 4.69) is 29.8 Å². The molecule has 0 saturated carbocycles. The van der Waals surface area contributed by atoms with E-state index in [1.165, 1.54) is 11.6 Å². The number of hydrogen-bond donors (Lipinski definition) is 1. The van der Waals surface area contributed by atoms with E-state index in [9.17, 15) is 9.59 Å². The number of pyridine rings is 1. The monoisotopic (exact) mass is 504 g/mol. The Kier molecular flexibility index (Phi) is 6.94. The van der Waals surface area contributed by atoms with E-state index in [1.54, 1.807) is 24.5 Å². The lowest BCUT2D eigenvalue weighted by Gasteiger charge is -2.47. The predicted molar refractivity (Wildman–Crippen MR) is 141 cm³/mol. The number of amides is 2. The number of hydrogen-bond acceptors (Lipinski definition) is 6. The zero-order chi connectivity index (χ0) is 26.0. The summed E-state index contributed by atoms with van der Waals surface area (Å²) in [5.41, 5.74) is 7.54. The highest BCUT2D eigenvalue weighted by atomic mass is 16.6. The van der Waals surface area contributed by atoms with Crippen molar-refractivity contribution in [3.8, 4) is 11.5 Å². The Hall–Kier alpha value is -3.39. The zero-order valence-electron chi connectivity index (χ0n) is 21.7. The van der Waals surface area contributed by atoms with Crippen molar-refractivity contribution in [3.05, 3.63) is 59.4 Å². The van der Waals surface area contributed by atoms with Gasteiger partial charge in [0.2, 0.25) is 5.91 Å². The largest absolute Gasteiger partial charge is 0.486 e. The highest BCUT2D eigenvalue weighted by molar-refractivity contribution is 5.99. The van der Waals surface area contributed by atoms with Crippen molar-refractivity contribution in [3.63, 3.8) is 0 Å². The molecule has 0 atom stereocenters. The predicted octanol–water partition coefficient (Wildman–Crippen LogP) is 3.65. The molecule has 3 aliphatic heterocycles. The number of piperidine rings is 2. The first-order valence-corrected chi connectivity index (χ1v) is 13.1. The van der Waals surface area contributed by atoms with Crippen molar-refractivity contribution >= 4 is 17.9 Å². The molecule has 0 aliphatic carbocycles. The van der Waals surface area contributed by atoms with Crippen molar-refractivity contribution in [2.45, 2.75) is 51.7 Å². The van der Waals surface area contributed by atoms with Crippen LogP contribution >= 0.6 is 0 Å². The molecular formula is C29H36N4O4. The summed E-state index contributed by atoms with van der Waals surface area (Å²) in [6.45, 7) is 9.08. The van der Waals surface area contributed by atoms with Crippen LogP contribution in [0.2, 0.25) is 0 Å². The summed E-state index contributed by atoms with van der Waals surface area (Å²) in [7, 11) is 0. The first kappa shape index (κ1) is 25.3. The van der Waals surface area contributed by atoms with E-state index in [0.717, 1.165) is 69.9 Å². The molecule has 2 aromatic rings. The highest BCUT2D eigenvalue weighted by Gasteiger charge is 2.39. The Morgan fingerprint density at radius 3 is 2.54 bits per heavy atom. The summed E-state index contributed by atoms with van der Waals surface area (Å²) in [6, 6.07) is 7.89. The zero-order valence-corrected chi connectivity index (χ0v) is 21.7. The van der Waals surface area contributed by atoms with Gasteiger partial charge in [-0.25, -0.2) is 0 Å². The van der Waals surface area contributed by atoms with E-state index in [0.29, 0.717) is 17.7 Å². The minimum Gasteiger partial charge on any atom is -0.486 e. The number of carbonyl (C=O) groups excluding carboxylic acids is 2. The average molecular weight is 505 g/mol. The molecule has 2 saturated heterocycles. The third-order valence-electron chi connectivity index (χ3n) is 7.95. The van der Waals surface area contributed by atoms with Gasteiger partial charge in [0.25, 0.3) is 5.91 Å². The Morgan fingerprint density at radius 1 is 1.08 bits per heavy atom. The molecule has 0 unspecified atom stereocenters. The van der Waals surface area contributed by atoms with Gasteiger partial charge in [-0.05, 0) is 76.2 Å². The number of rotatable bonds is 5. The van der Waals surface area contributed by atoms with Crippen LogP contribution in [0.1, 0.15) is 61.0 Å². The third kappa shape index (κ3) is 5.64. The Labute approximate surface area is 218 Å². The lowest BCUT2D eigenvalue weighted by Crippen LogP contribution is -2.48. The smallest absolute Gasteiger partial charge is 0.254 e. The van der Waals surface area contributed by atoms with Crippen LogP contribution < -0.4 is 15.2 Å². The molecule has 5 rings (SSSR count). The van der Waals surface area contributed by atoms with Crippen molar-refractivity contribution < 1.29 is 19.1 Å². The van der Waals surface area contributed by atoms with Crippen LogP contribution in [0.5, 0.6) is 11.5 Å². The highest BCUT2D eigenvalue weighted by Crippen LogP contribution is 2.43. The third-order valence-corrected chi connectivity index (χ3v) is 7.95. The molecule has 1 aromatic heterocycles. The quantitative estimate of drug-likeness (QED) is 0.625. The van der Waals surface area contributed by atoms with Gasteiger partial charge in [-0.1, -0.05) is 12.1 Å². The fraction of sp³-hybridized carbons (Fsp3) is 0.483. The molecule has 37 heavy (non-hydrogen) atoms. The average Bonchev–Trinajstić information content (AvgIpc) is 2.89. The maximum atomic E-state index is 13.3. The minimum absolute atomic E-state index is 0.0159. The summed E-state index contributed by atoms with van der Waals surface area (Å²) in [4.78, 5) is 33.0. The second-order valence-corrected chi connectivity index (χ2v) is 11.2. The van der Waals surface area contributed by atoms with E-state index in [1.807, 2.05) is 17.0 Å². The SMILES string of the molecule is CC1(C)COc2cccc(CN3CCC4(CC3)CCN(C(=O)c3ccncc3C=CC(N)=O)CC4)c2O1. The van der Waals surface area contributed by atoms with Crippen LogP contribution in [0, 0.1) is 5.41 Å². The molecule has 8 nitrogen and oxygen atoms in total. The van der Waals surface area contributed by atoms with Gasteiger partial charge in [0.05, 0.1) is 0 Å². The summed E-state index contributed by atoms with van der Waals surface area (Å²) in [5.74, 6) is 1.15. The van der Waals surface area contributed by atoms with E-state index in [-0.39, 0.29) is 16.9 Å². The molecule has 0 bridgehead atoms. The second-order valence-electron chi connectivity index (χ2n) is 11.2. The van der Waals surface area contributed by atoms with Crippen LogP contribution in [0.25, 0.3) is 6.08 Å². The van der Waals surface area contributed by atoms with E-state index in [4.69, 9.17) is 15.2 Å². The standard InChI is InChI=1S/C29H36N4O4/c1-28(2)20-36-24-5-3-4-22(26(24)37-28)19-32-14-9-29(10-15-32)11-16-33(17-12-29)27(35)23-8-13-31-18-21(23)6-7-25(30)34/h3-8,13,18H,9-12,14-17,19-20H2,1-2H3,(H2,30,34). The second kappa shape index (κ2) is 10.2. The Bertz CT molecular complexity index is 1190. The number of ether oxygens (including phenoxy) is 2. The van der Waals surface area contributed by atoms with Crippen molar-refractivity contribution in [2.75, 3.05) is 32.8 Å². The van der Waals surface area contributed by atoms with Gasteiger partial charge in [0, 0.05) is 54.8 Å². The first-order chi connectivity index (χ1) is 17.7. The van der Waals surface area contributed by atoms with Gasteiger partial charge in [-0.2, -0.15) is 0 Å². The van der Waals surface area contributed by atoms with Gasteiger partial charge in [-0.3, -0.25) is 19.5 Å². The number of aromatic nitrogens is 1. The number of nitrogens with zero attached hydrogens (tertiary/aromatic N) is 3. The van der Waals surface area contributed by atoms with Crippen molar-refractivity contribution in [1.29, 1.82) is 0 Å².